The summed E-state index contributed by atoms with van der Waals surface area (Å²) in [5, 5.41) is 9.09. The molecule has 0 radical (unpaired) electrons. The number of amides is 1. The molecule has 2 atom stereocenters. The molecule has 0 aromatic heterocycles. The molecule has 116 valence electrons. The molecule has 0 aromatic carbocycles. The van der Waals surface area contributed by atoms with E-state index in [-0.39, 0.29) is 52.7 Å². The van der Waals surface area contributed by atoms with Crippen LogP contribution in [0, 0.1) is 0 Å². The van der Waals surface area contributed by atoms with Gasteiger partial charge in [-0.1, -0.05) is 6.08 Å². The topological polar surface area (TPSA) is 73.0 Å². The third-order valence-electron chi connectivity index (χ3n) is 4.92. The van der Waals surface area contributed by atoms with Crippen molar-refractivity contribution in [1.29, 1.82) is 0 Å². The Morgan fingerprint density at radius 2 is 2.29 bits per heavy atom. The van der Waals surface area contributed by atoms with E-state index >= 15 is 0 Å². The summed E-state index contributed by atoms with van der Waals surface area (Å²) in [5.41, 5.74) is 3.06. The number of hydrogen-bond acceptors (Lipinski definition) is 4. The first-order chi connectivity index (χ1) is 11.1. The van der Waals surface area contributed by atoms with Crippen LogP contribution in [0.25, 0.3) is 0 Å². The summed E-state index contributed by atoms with van der Waals surface area (Å²) in [6.45, 7) is 0. The molecule has 24 heavy (non-hydrogen) atoms. The number of nitrogens with zero attached hydrogens (tertiary/aromatic N) is 3. The minimum atomic E-state index is -1.04. The van der Waals surface area contributed by atoms with Gasteiger partial charge in [-0.3, -0.25) is 9.69 Å². The Bertz CT molecular complexity index is 840. The maximum atomic E-state index is 12.2. The van der Waals surface area contributed by atoms with E-state index in [4.69, 9.17) is 5.11 Å². The van der Waals surface area contributed by atoms with E-state index in [1.807, 2.05) is 24.1 Å². The average Bonchev–Trinajstić information content (AvgIpc) is 3.23. The van der Waals surface area contributed by atoms with Crippen LogP contribution < -0.4 is 29.6 Å². The first-order valence-electron chi connectivity index (χ1n) is 7.72. The van der Waals surface area contributed by atoms with E-state index in [2.05, 4.69) is 9.57 Å². The van der Waals surface area contributed by atoms with Gasteiger partial charge in [-0.05, 0) is 37.1 Å². The Morgan fingerprint density at radius 1 is 1.46 bits per heavy atom. The zero-order chi connectivity index (χ0) is 15.7. The molecule has 0 saturated carbocycles. The van der Waals surface area contributed by atoms with Gasteiger partial charge >= 0.3 is 41.0 Å². The number of allylic oxidation sites excluding steroid dienone is 3. The van der Waals surface area contributed by atoms with Crippen LogP contribution in [-0.2, 0) is 9.59 Å². The molecule has 0 spiro atoms. The molecule has 0 bridgehead atoms. The Morgan fingerprint density at radius 3 is 3.08 bits per heavy atom. The van der Waals surface area contributed by atoms with Crippen LogP contribution >= 0.6 is 11.8 Å². The van der Waals surface area contributed by atoms with Crippen molar-refractivity contribution in [3.8, 4) is 0 Å². The first kappa shape index (κ1) is 16.3. The molecular formula is C16H14N3NaO3S+2. The van der Waals surface area contributed by atoms with Crippen LogP contribution in [0.4, 0.5) is 0 Å². The SMILES string of the molecule is O=C(O)C1=CCC2/C(=C\C3=NC4SC5=C(CCC5)[N+]4=C3)C(=O)N12.[Na+]. The fourth-order valence-electron chi connectivity index (χ4n) is 3.86. The number of fused-ring (bicyclic) bond motifs is 3. The quantitative estimate of drug-likeness (QED) is 0.283. The van der Waals surface area contributed by atoms with E-state index in [9.17, 15) is 9.59 Å². The summed E-state index contributed by atoms with van der Waals surface area (Å²) in [7, 11) is 0. The van der Waals surface area contributed by atoms with Crippen molar-refractivity contribution < 1.29 is 48.8 Å². The van der Waals surface area contributed by atoms with Crippen LogP contribution in [0.1, 0.15) is 25.7 Å². The maximum Gasteiger partial charge on any atom is 1.00 e. The van der Waals surface area contributed by atoms with Gasteiger partial charge in [-0.25, -0.2) is 9.79 Å². The normalized spacial score (nSPS) is 31.2. The van der Waals surface area contributed by atoms with Gasteiger partial charge in [0.05, 0.1) is 10.9 Å². The molecule has 6 nitrogen and oxygen atoms in total. The van der Waals surface area contributed by atoms with Gasteiger partial charge in [0.1, 0.15) is 11.4 Å². The van der Waals surface area contributed by atoms with Crippen molar-refractivity contribution in [2.45, 2.75) is 37.2 Å². The minimum absolute atomic E-state index is 0. The monoisotopic (exact) mass is 351 g/mol. The molecule has 5 aliphatic rings. The van der Waals surface area contributed by atoms with Gasteiger partial charge in [0, 0.05) is 12.0 Å². The number of carbonyl (C=O) groups is 2. The molecule has 1 fully saturated rings. The third kappa shape index (κ3) is 2.15. The number of thioether (sulfide) groups is 1. The van der Waals surface area contributed by atoms with Crippen LogP contribution in [-0.4, -0.2) is 49.9 Å². The molecular weight excluding hydrogens is 337 g/mol. The zero-order valence-corrected chi connectivity index (χ0v) is 16.0. The Hall–Kier alpha value is -1.15. The number of carbonyl (C=O) groups excluding carboxylic acids is 1. The van der Waals surface area contributed by atoms with E-state index < -0.39 is 5.97 Å². The molecule has 5 rings (SSSR count). The largest absolute Gasteiger partial charge is 1.00 e. The molecule has 1 saturated heterocycles. The second kappa shape index (κ2) is 5.69. The second-order valence-electron chi connectivity index (χ2n) is 6.18. The Labute approximate surface area is 165 Å². The van der Waals surface area contributed by atoms with Crippen molar-refractivity contribution in [2.24, 2.45) is 4.99 Å². The molecule has 1 aliphatic carbocycles. The predicted molar refractivity (Wildman–Crippen MR) is 85.1 cm³/mol. The van der Waals surface area contributed by atoms with Gasteiger partial charge in [0.2, 0.25) is 0 Å². The Balaban J connectivity index is 0.00000146. The summed E-state index contributed by atoms with van der Waals surface area (Å²) in [5.74, 6) is -1.25. The number of β-lactam (4-membered cyclic amide) rings is 1. The predicted octanol–water partition coefficient (Wildman–Crippen LogP) is -1.54. The summed E-state index contributed by atoms with van der Waals surface area (Å²) in [6.07, 6.45) is 9.52. The molecule has 1 N–H and O–H groups in total. The van der Waals surface area contributed by atoms with Crippen molar-refractivity contribution in [3.63, 3.8) is 0 Å². The number of carboxylic acids is 1. The summed E-state index contributed by atoms with van der Waals surface area (Å²) in [6, 6.07) is -0.131. The van der Waals surface area contributed by atoms with Crippen LogP contribution in [0.3, 0.4) is 0 Å². The number of hydrogen-bond donors (Lipinski definition) is 1. The van der Waals surface area contributed by atoms with Crippen LogP contribution in [0.5, 0.6) is 0 Å². The average molecular weight is 351 g/mol. The Kier molecular flexibility index (Phi) is 3.87. The summed E-state index contributed by atoms with van der Waals surface area (Å²) >= 11 is 1.81. The van der Waals surface area contributed by atoms with Crippen molar-refractivity contribution in [3.05, 3.63) is 34.0 Å². The van der Waals surface area contributed by atoms with Gasteiger partial charge in [0.25, 0.3) is 5.91 Å². The number of carboxylic acid groups (broad SMARTS) is 1. The van der Waals surface area contributed by atoms with Gasteiger partial charge in [-0.2, -0.15) is 4.58 Å². The zero-order valence-electron chi connectivity index (χ0n) is 13.2. The van der Waals surface area contributed by atoms with Gasteiger partial charge < -0.3 is 5.11 Å². The fourth-order valence-corrected chi connectivity index (χ4v) is 5.20. The van der Waals surface area contributed by atoms with E-state index in [1.54, 1.807) is 6.08 Å². The van der Waals surface area contributed by atoms with Gasteiger partial charge in [-0.15, -0.1) is 0 Å². The van der Waals surface area contributed by atoms with E-state index in [1.165, 1.54) is 21.9 Å². The van der Waals surface area contributed by atoms with Crippen molar-refractivity contribution >= 4 is 35.6 Å². The number of aliphatic carboxylic acids is 1. The van der Waals surface area contributed by atoms with Crippen molar-refractivity contribution in [1.82, 2.24) is 4.90 Å². The standard InChI is InChI=1S/C16H13N3O3S.Na/c20-14-9(10-4-5-12(15(21)22)19(10)14)6-8-7-18-11-2-1-3-13(11)23-16(18)17-8;/h5-7,10,16H,1-4H2;/q;+1/p+1/b9-6+;. The number of rotatable bonds is 2. The summed E-state index contributed by atoms with van der Waals surface area (Å²) in [4.78, 5) is 30.8. The van der Waals surface area contributed by atoms with Gasteiger partial charge in [0.15, 0.2) is 11.9 Å². The van der Waals surface area contributed by atoms with Crippen LogP contribution in [0.15, 0.2) is 39.0 Å². The second-order valence-corrected chi connectivity index (χ2v) is 7.33. The molecule has 0 aromatic rings. The molecule has 1 amide bonds. The van der Waals surface area contributed by atoms with Crippen molar-refractivity contribution in [2.75, 3.05) is 0 Å². The minimum Gasteiger partial charge on any atom is -0.477 e. The fraction of sp³-hybridized carbons (Fsp3) is 0.375. The third-order valence-corrected chi connectivity index (χ3v) is 6.19. The van der Waals surface area contributed by atoms with Crippen LogP contribution in [0.2, 0.25) is 0 Å². The molecule has 4 heterocycles. The molecule has 8 heteroatoms. The molecule has 2 unspecified atom stereocenters. The summed E-state index contributed by atoms with van der Waals surface area (Å²) < 4.78 is 2.22. The molecule has 4 aliphatic heterocycles. The van der Waals surface area contributed by atoms with E-state index in [0.717, 1.165) is 18.6 Å². The van der Waals surface area contributed by atoms with E-state index in [0.29, 0.717) is 12.0 Å². The number of aliphatic imine (C=N–C) groups is 1. The first-order valence-corrected chi connectivity index (χ1v) is 8.60. The maximum absolute atomic E-state index is 12.2. The smallest absolute Gasteiger partial charge is 0.477 e.